The predicted octanol–water partition coefficient (Wildman–Crippen LogP) is 1.19. The Balaban J connectivity index is 2.02. The summed E-state index contributed by atoms with van der Waals surface area (Å²) >= 11 is 0. The van der Waals surface area contributed by atoms with Crippen LogP contribution in [0.25, 0.3) is 0 Å². The molecule has 0 spiro atoms. The molecule has 0 bridgehead atoms. The Morgan fingerprint density at radius 3 is 2.90 bits per heavy atom. The summed E-state index contributed by atoms with van der Waals surface area (Å²) in [5, 5.41) is 22.6. The van der Waals surface area contributed by atoms with Crippen LogP contribution in [0.4, 0.5) is 11.5 Å². The third-order valence-corrected chi connectivity index (χ3v) is 3.24. The number of likely N-dealkylation sites (N-methyl/N-ethyl adjacent to an activating group) is 1. The molecule has 1 aromatic rings. The molecule has 1 fully saturated rings. The Kier molecular flexibility index (Phi) is 4.14. The third-order valence-electron chi connectivity index (χ3n) is 3.24. The molecule has 0 amide bonds. The summed E-state index contributed by atoms with van der Waals surface area (Å²) in [5.74, 6) is -1.13. The fourth-order valence-electron chi connectivity index (χ4n) is 1.89. The molecule has 1 aliphatic carbocycles. The van der Waals surface area contributed by atoms with Gasteiger partial charge in [-0.2, -0.15) is 0 Å². The second-order valence-electron chi connectivity index (χ2n) is 4.79. The van der Waals surface area contributed by atoms with E-state index in [-0.39, 0.29) is 17.1 Å². The molecule has 0 unspecified atom stereocenters. The van der Waals surface area contributed by atoms with E-state index in [4.69, 9.17) is 5.11 Å². The minimum atomic E-state index is -1.24. The summed E-state index contributed by atoms with van der Waals surface area (Å²) in [5.41, 5.74) is -0.517. The molecule has 8 heteroatoms. The SMILES string of the molecule is CN(CCNc1ncc(C(=O)O)cc1[N+](=O)[O-])C1CC1. The third kappa shape index (κ3) is 3.41. The zero-order valence-electron chi connectivity index (χ0n) is 11.1. The van der Waals surface area contributed by atoms with E-state index in [1.807, 2.05) is 7.05 Å². The number of carboxylic acids is 1. The van der Waals surface area contributed by atoms with E-state index in [0.29, 0.717) is 12.6 Å². The lowest BCUT2D eigenvalue weighted by atomic mass is 10.2. The van der Waals surface area contributed by atoms with Gasteiger partial charge in [0.15, 0.2) is 0 Å². The number of nitro groups is 1. The maximum Gasteiger partial charge on any atom is 0.337 e. The fraction of sp³-hybridized carbons (Fsp3) is 0.500. The molecule has 1 heterocycles. The molecule has 0 radical (unpaired) electrons. The smallest absolute Gasteiger partial charge is 0.337 e. The Labute approximate surface area is 115 Å². The summed E-state index contributed by atoms with van der Waals surface area (Å²) in [6.07, 6.45) is 3.51. The van der Waals surface area contributed by atoms with E-state index >= 15 is 0 Å². The summed E-state index contributed by atoms with van der Waals surface area (Å²) in [6, 6.07) is 1.64. The zero-order valence-corrected chi connectivity index (χ0v) is 11.1. The quantitative estimate of drug-likeness (QED) is 0.570. The van der Waals surface area contributed by atoms with Crippen LogP contribution in [0.5, 0.6) is 0 Å². The number of carbonyl (C=O) groups is 1. The minimum Gasteiger partial charge on any atom is -0.478 e. The first-order valence-electron chi connectivity index (χ1n) is 6.31. The van der Waals surface area contributed by atoms with Gasteiger partial charge in [0.2, 0.25) is 5.82 Å². The van der Waals surface area contributed by atoms with Gasteiger partial charge in [-0.25, -0.2) is 9.78 Å². The lowest BCUT2D eigenvalue weighted by Gasteiger charge is -2.15. The maximum absolute atomic E-state index is 10.9. The van der Waals surface area contributed by atoms with Crippen molar-refractivity contribution in [3.8, 4) is 0 Å². The standard InChI is InChI=1S/C12H16N4O4/c1-15(9-2-3-9)5-4-13-11-10(16(19)20)6-8(7-14-11)12(17)18/h6-7,9H,2-5H2,1H3,(H,13,14)(H,17,18). The first kappa shape index (κ1) is 14.2. The van der Waals surface area contributed by atoms with Gasteiger partial charge >= 0.3 is 11.7 Å². The molecular weight excluding hydrogens is 264 g/mol. The van der Waals surface area contributed by atoms with Crippen molar-refractivity contribution in [3.63, 3.8) is 0 Å². The number of aromatic nitrogens is 1. The summed E-state index contributed by atoms with van der Waals surface area (Å²) in [6.45, 7) is 1.28. The van der Waals surface area contributed by atoms with E-state index in [1.165, 1.54) is 12.8 Å². The van der Waals surface area contributed by atoms with Gasteiger partial charge in [0, 0.05) is 31.4 Å². The van der Waals surface area contributed by atoms with Crippen LogP contribution in [-0.4, -0.2) is 52.1 Å². The minimum absolute atomic E-state index is 0.101. The molecule has 1 saturated carbocycles. The van der Waals surface area contributed by atoms with Gasteiger partial charge in [-0.05, 0) is 19.9 Å². The van der Waals surface area contributed by atoms with Gasteiger partial charge in [0.25, 0.3) is 0 Å². The molecule has 2 N–H and O–H groups in total. The van der Waals surface area contributed by atoms with Crippen molar-refractivity contribution in [3.05, 3.63) is 27.9 Å². The highest BCUT2D eigenvalue weighted by molar-refractivity contribution is 5.88. The maximum atomic E-state index is 10.9. The Hall–Kier alpha value is -2.22. The molecule has 8 nitrogen and oxygen atoms in total. The van der Waals surface area contributed by atoms with Crippen molar-refractivity contribution in [1.82, 2.24) is 9.88 Å². The normalized spacial score (nSPS) is 14.3. The van der Waals surface area contributed by atoms with Gasteiger partial charge in [-0.15, -0.1) is 0 Å². The second kappa shape index (κ2) is 5.83. The van der Waals surface area contributed by atoms with E-state index < -0.39 is 10.9 Å². The number of rotatable bonds is 7. The Bertz CT molecular complexity index is 530. The van der Waals surface area contributed by atoms with E-state index in [0.717, 1.165) is 18.8 Å². The number of anilines is 1. The number of nitrogens with one attached hydrogen (secondary N) is 1. The molecular formula is C12H16N4O4. The fourth-order valence-corrected chi connectivity index (χ4v) is 1.89. The van der Waals surface area contributed by atoms with E-state index in [1.54, 1.807) is 0 Å². The van der Waals surface area contributed by atoms with Crippen LogP contribution < -0.4 is 5.32 Å². The average molecular weight is 280 g/mol. The predicted molar refractivity (Wildman–Crippen MR) is 72.0 cm³/mol. The van der Waals surface area contributed by atoms with Crippen molar-refractivity contribution in [2.45, 2.75) is 18.9 Å². The number of nitrogens with zero attached hydrogens (tertiary/aromatic N) is 3. The highest BCUT2D eigenvalue weighted by atomic mass is 16.6. The Morgan fingerprint density at radius 1 is 1.65 bits per heavy atom. The number of pyridine rings is 1. The van der Waals surface area contributed by atoms with Crippen LogP contribution in [0, 0.1) is 10.1 Å². The first-order valence-corrected chi connectivity index (χ1v) is 6.31. The van der Waals surface area contributed by atoms with Gasteiger partial charge in [-0.3, -0.25) is 10.1 Å². The van der Waals surface area contributed by atoms with Crippen molar-refractivity contribution in [1.29, 1.82) is 0 Å². The zero-order chi connectivity index (χ0) is 14.7. The molecule has 1 aromatic heterocycles. The monoisotopic (exact) mass is 280 g/mol. The number of hydrogen-bond donors (Lipinski definition) is 2. The van der Waals surface area contributed by atoms with Crippen molar-refractivity contribution >= 4 is 17.5 Å². The highest BCUT2D eigenvalue weighted by Crippen LogP contribution is 2.25. The average Bonchev–Trinajstić information content (AvgIpc) is 3.22. The van der Waals surface area contributed by atoms with Gasteiger partial charge in [-0.1, -0.05) is 0 Å². The highest BCUT2D eigenvalue weighted by Gasteiger charge is 2.25. The van der Waals surface area contributed by atoms with Crippen molar-refractivity contribution in [2.75, 3.05) is 25.5 Å². The van der Waals surface area contributed by atoms with Gasteiger partial charge < -0.3 is 15.3 Å². The van der Waals surface area contributed by atoms with Crippen LogP contribution in [0.15, 0.2) is 12.3 Å². The summed E-state index contributed by atoms with van der Waals surface area (Å²) < 4.78 is 0. The molecule has 0 aromatic carbocycles. The lowest BCUT2D eigenvalue weighted by Crippen LogP contribution is -2.27. The molecule has 0 saturated heterocycles. The number of aromatic carboxylic acids is 1. The molecule has 0 atom stereocenters. The topological polar surface area (TPSA) is 109 Å². The summed E-state index contributed by atoms with van der Waals surface area (Å²) in [7, 11) is 2.01. The molecule has 20 heavy (non-hydrogen) atoms. The molecule has 108 valence electrons. The van der Waals surface area contributed by atoms with E-state index in [9.17, 15) is 14.9 Å². The second-order valence-corrected chi connectivity index (χ2v) is 4.79. The van der Waals surface area contributed by atoms with Crippen LogP contribution in [-0.2, 0) is 0 Å². The molecule has 2 rings (SSSR count). The lowest BCUT2D eigenvalue weighted by molar-refractivity contribution is -0.384. The molecule has 1 aliphatic rings. The number of carboxylic acid groups (broad SMARTS) is 1. The van der Waals surface area contributed by atoms with Crippen molar-refractivity contribution < 1.29 is 14.8 Å². The van der Waals surface area contributed by atoms with Gasteiger partial charge in [0.05, 0.1) is 10.5 Å². The van der Waals surface area contributed by atoms with Gasteiger partial charge in [0.1, 0.15) is 0 Å². The Morgan fingerprint density at radius 2 is 2.35 bits per heavy atom. The largest absolute Gasteiger partial charge is 0.478 e. The van der Waals surface area contributed by atoms with Crippen LogP contribution in [0.2, 0.25) is 0 Å². The van der Waals surface area contributed by atoms with Crippen LogP contribution in [0.1, 0.15) is 23.2 Å². The summed E-state index contributed by atoms with van der Waals surface area (Å²) in [4.78, 5) is 27.1. The van der Waals surface area contributed by atoms with Crippen LogP contribution >= 0.6 is 0 Å². The number of hydrogen-bond acceptors (Lipinski definition) is 6. The van der Waals surface area contributed by atoms with Crippen molar-refractivity contribution in [2.24, 2.45) is 0 Å². The van der Waals surface area contributed by atoms with Crippen LogP contribution in [0.3, 0.4) is 0 Å². The van der Waals surface area contributed by atoms with E-state index in [2.05, 4.69) is 15.2 Å². The molecule has 0 aliphatic heterocycles. The first-order chi connectivity index (χ1) is 9.49.